The van der Waals surface area contributed by atoms with Gasteiger partial charge in [-0.05, 0) is 27.2 Å². The maximum Gasteiger partial charge on any atom is 0.0831 e. The molecule has 0 aliphatic heterocycles. The van der Waals surface area contributed by atoms with Crippen molar-refractivity contribution in [1.29, 1.82) is 0 Å². The lowest BCUT2D eigenvalue weighted by molar-refractivity contribution is -0.660. The van der Waals surface area contributed by atoms with Gasteiger partial charge in [0.2, 0.25) is 0 Å². The first-order valence-electron chi connectivity index (χ1n) is 4.09. The molecular weight excluding hydrogens is 158 g/mol. The minimum absolute atomic E-state index is 0. The van der Waals surface area contributed by atoms with E-state index >= 15 is 0 Å². The second-order valence-corrected chi connectivity index (χ2v) is 3.17. The van der Waals surface area contributed by atoms with Crippen LogP contribution in [-0.4, -0.2) is 13.1 Å². The predicted molar refractivity (Wildman–Crippen MR) is 46.0 cm³/mol. The van der Waals surface area contributed by atoms with Gasteiger partial charge in [0.1, 0.15) is 0 Å². The molecule has 0 fully saturated rings. The van der Waals surface area contributed by atoms with Gasteiger partial charge in [-0.3, -0.25) is 0 Å². The summed E-state index contributed by atoms with van der Waals surface area (Å²) in [7, 11) is 2.13. The van der Waals surface area contributed by atoms with Gasteiger partial charge in [-0.1, -0.05) is 11.6 Å². The van der Waals surface area contributed by atoms with Crippen LogP contribution in [-0.2, 0) is 0 Å². The van der Waals surface area contributed by atoms with Crippen LogP contribution >= 0.6 is 0 Å². The smallest absolute Gasteiger partial charge is 0.0831 e. The quantitative estimate of drug-likeness (QED) is 0.495. The van der Waals surface area contributed by atoms with Crippen molar-refractivity contribution >= 4 is 0 Å². The zero-order chi connectivity index (χ0) is 7.98. The summed E-state index contributed by atoms with van der Waals surface area (Å²) >= 11 is 0. The van der Waals surface area contributed by atoms with Crippen molar-refractivity contribution in [3.8, 4) is 0 Å². The van der Waals surface area contributed by atoms with Crippen LogP contribution < -0.4 is 17.7 Å². The highest BCUT2D eigenvalue weighted by Gasteiger charge is 1.97. The van der Waals surface area contributed by atoms with E-state index in [1.54, 1.807) is 0 Å². The predicted octanol–water partition coefficient (Wildman–Crippen LogP) is -1.68. The molecule has 68 valence electrons. The monoisotopic (exact) mass is 177 g/mol. The van der Waals surface area contributed by atoms with E-state index in [2.05, 4.69) is 39.2 Å². The highest BCUT2D eigenvalue weighted by Crippen LogP contribution is 1.97. The fraction of sp³-hybridized carbons (Fsp3) is 0.778. The molecular formula is C9H20ClN. The van der Waals surface area contributed by atoms with E-state index in [9.17, 15) is 0 Å². The van der Waals surface area contributed by atoms with Gasteiger partial charge in [0.15, 0.2) is 0 Å². The molecule has 0 aromatic carbocycles. The van der Waals surface area contributed by atoms with Crippen LogP contribution in [0, 0.1) is 0 Å². The van der Waals surface area contributed by atoms with Crippen LogP contribution in [0.15, 0.2) is 11.6 Å². The maximum absolute atomic E-state index is 2.31. The third kappa shape index (κ3) is 9.99. The Morgan fingerprint density at radius 3 is 2.36 bits per heavy atom. The molecule has 0 aromatic heterocycles. The Morgan fingerprint density at radius 1 is 1.45 bits per heavy atom. The second-order valence-electron chi connectivity index (χ2n) is 3.17. The summed E-state index contributed by atoms with van der Waals surface area (Å²) in [5.74, 6) is 0. The Labute approximate surface area is 76.7 Å². The molecule has 0 saturated carbocycles. The topological polar surface area (TPSA) is 16.6 Å². The van der Waals surface area contributed by atoms with Crippen LogP contribution in [0.3, 0.4) is 0 Å². The van der Waals surface area contributed by atoms with E-state index in [1.807, 2.05) is 0 Å². The lowest BCUT2D eigenvalue weighted by Gasteiger charge is -2.03. The highest BCUT2D eigenvalue weighted by atomic mass is 35.5. The van der Waals surface area contributed by atoms with Gasteiger partial charge >= 0.3 is 0 Å². The summed E-state index contributed by atoms with van der Waals surface area (Å²) in [4.78, 5) is 0. The van der Waals surface area contributed by atoms with Crippen molar-refractivity contribution in [3.05, 3.63) is 11.6 Å². The lowest BCUT2D eigenvalue weighted by Crippen LogP contribution is -3.00. The molecule has 0 rings (SSSR count). The maximum atomic E-state index is 2.31. The largest absolute Gasteiger partial charge is 1.00 e. The molecule has 2 heteroatoms. The number of hydrogen-bond donors (Lipinski definition) is 1. The summed E-state index contributed by atoms with van der Waals surface area (Å²) in [6.45, 7) is 6.57. The number of halogens is 1. The number of nitrogens with two attached hydrogens (primary N) is 1. The van der Waals surface area contributed by atoms with Crippen molar-refractivity contribution < 1.29 is 17.7 Å². The van der Waals surface area contributed by atoms with Gasteiger partial charge in [0.25, 0.3) is 0 Å². The average molecular weight is 178 g/mol. The Balaban J connectivity index is 0. The minimum atomic E-state index is 0. The summed E-state index contributed by atoms with van der Waals surface area (Å²) in [6, 6.07) is 0.774. The number of allylic oxidation sites excluding steroid dienone is 2. The Bertz CT molecular complexity index is 106. The Morgan fingerprint density at radius 2 is 2.00 bits per heavy atom. The fourth-order valence-corrected chi connectivity index (χ4v) is 0.802. The second kappa shape index (κ2) is 8.09. The first-order chi connectivity index (χ1) is 4.66. The third-order valence-corrected chi connectivity index (χ3v) is 1.74. The SMILES string of the molecule is C[NH2+]C(C)CCC=C(C)C.[Cl-]. The molecule has 2 N–H and O–H groups in total. The summed E-state index contributed by atoms with van der Waals surface area (Å²) in [5, 5.41) is 2.26. The van der Waals surface area contributed by atoms with E-state index in [0.717, 1.165) is 6.04 Å². The van der Waals surface area contributed by atoms with Crippen LogP contribution in [0.1, 0.15) is 33.6 Å². The average Bonchev–Trinajstić information content (AvgIpc) is 1.87. The van der Waals surface area contributed by atoms with Crippen molar-refractivity contribution in [1.82, 2.24) is 0 Å². The summed E-state index contributed by atoms with van der Waals surface area (Å²) in [5.41, 5.74) is 1.43. The summed E-state index contributed by atoms with van der Waals surface area (Å²) in [6.07, 6.45) is 4.83. The van der Waals surface area contributed by atoms with Gasteiger partial charge in [-0.25, -0.2) is 0 Å². The molecule has 1 atom stereocenters. The van der Waals surface area contributed by atoms with Gasteiger partial charge in [-0.15, -0.1) is 0 Å². The van der Waals surface area contributed by atoms with Crippen molar-refractivity contribution in [2.24, 2.45) is 0 Å². The van der Waals surface area contributed by atoms with E-state index < -0.39 is 0 Å². The molecule has 0 spiro atoms. The molecule has 0 bridgehead atoms. The van der Waals surface area contributed by atoms with Crippen molar-refractivity contribution in [2.45, 2.75) is 39.7 Å². The van der Waals surface area contributed by atoms with E-state index in [1.165, 1.54) is 18.4 Å². The van der Waals surface area contributed by atoms with Crippen LogP contribution in [0.2, 0.25) is 0 Å². The molecule has 0 aliphatic carbocycles. The van der Waals surface area contributed by atoms with Crippen molar-refractivity contribution in [2.75, 3.05) is 7.05 Å². The first kappa shape index (κ1) is 13.6. The van der Waals surface area contributed by atoms with E-state index in [-0.39, 0.29) is 12.4 Å². The van der Waals surface area contributed by atoms with Crippen molar-refractivity contribution in [3.63, 3.8) is 0 Å². The highest BCUT2D eigenvalue weighted by molar-refractivity contribution is 4.92. The lowest BCUT2D eigenvalue weighted by atomic mass is 10.1. The fourth-order valence-electron chi connectivity index (χ4n) is 0.802. The minimum Gasteiger partial charge on any atom is -1.00 e. The molecule has 11 heavy (non-hydrogen) atoms. The molecule has 0 saturated heterocycles. The normalized spacial score (nSPS) is 11.6. The summed E-state index contributed by atoms with van der Waals surface area (Å²) < 4.78 is 0. The molecule has 0 amide bonds. The number of hydrogen-bond acceptors (Lipinski definition) is 0. The number of rotatable bonds is 4. The molecule has 0 aliphatic rings. The Hall–Kier alpha value is -0.0100. The van der Waals surface area contributed by atoms with E-state index in [0.29, 0.717) is 0 Å². The van der Waals surface area contributed by atoms with Crippen LogP contribution in [0.4, 0.5) is 0 Å². The molecule has 1 nitrogen and oxygen atoms in total. The standard InChI is InChI=1S/C9H19N.ClH/c1-8(2)6-5-7-9(3)10-4;/h6,9-10H,5,7H2,1-4H3;1H. The molecule has 1 unspecified atom stereocenters. The number of quaternary nitrogens is 1. The third-order valence-electron chi connectivity index (χ3n) is 1.74. The van der Waals surface area contributed by atoms with E-state index in [4.69, 9.17) is 0 Å². The molecule has 0 heterocycles. The van der Waals surface area contributed by atoms with Crippen LogP contribution in [0.25, 0.3) is 0 Å². The van der Waals surface area contributed by atoms with Crippen LogP contribution in [0.5, 0.6) is 0 Å². The molecule has 0 aromatic rings. The van der Waals surface area contributed by atoms with Gasteiger partial charge in [0, 0.05) is 6.42 Å². The first-order valence-corrected chi connectivity index (χ1v) is 4.09. The zero-order valence-corrected chi connectivity index (χ0v) is 8.78. The van der Waals surface area contributed by atoms with Gasteiger partial charge < -0.3 is 17.7 Å². The Kier molecular flexibility index (Phi) is 9.98. The van der Waals surface area contributed by atoms with Gasteiger partial charge in [-0.2, -0.15) is 0 Å². The zero-order valence-electron chi connectivity index (χ0n) is 8.02. The van der Waals surface area contributed by atoms with Gasteiger partial charge in [0.05, 0.1) is 13.1 Å². The molecule has 0 radical (unpaired) electrons.